The summed E-state index contributed by atoms with van der Waals surface area (Å²) in [6.07, 6.45) is -9.20. The van der Waals surface area contributed by atoms with Gasteiger partial charge in [0.2, 0.25) is 6.29 Å². The predicted octanol–water partition coefficient (Wildman–Crippen LogP) is 0.721. The van der Waals surface area contributed by atoms with Gasteiger partial charge in [0.15, 0.2) is 35.3 Å². The molecule has 7 N–H and O–H groups in total. The number of aliphatic hydroxyl groups excluding tert-OH is 4. The van der Waals surface area contributed by atoms with E-state index in [1.54, 1.807) is 12.1 Å². The van der Waals surface area contributed by atoms with Crippen molar-refractivity contribution in [2.75, 3.05) is 26.9 Å². The van der Waals surface area contributed by atoms with Gasteiger partial charge in [-0.3, -0.25) is 4.79 Å². The molecule has 0 amide bonds. The largest absolute Gasteiger partial charge is 0.508 e. The topological polar surface area (TPSA) is 240 Å². The lowest BCUT2D eigenvalue weighted by atomic mass is 9.96. The summed E-state index contributed by atoms with van der Waals surface area (Å²) in [6.45, 7) is -1.93. The number of phenols is 2. The number of fused-ring (bicyclic) bond motifs is 1. The highest BCUT2D eigenvalue weighted by molar-refractivity contribution is 6.00. The van der Waals surface area contributed by atoms with Crippen LogP contribution in [0, 0.1) is 0 Å². The van der Waals surface area contributed by atoms with Gasteiger partial charge < -0.3 is 68.9 Å². The molecule has 16 nitrogen and oxygen atoms in total. The van der Waals surface area contributed by atoms with Crippen molar-refractivity contribution < 1.29 is 78.5 Å². The number of benzene rings is 3. The van der Waals surface area contributed by atoms with Crippen molar-refractivity contribution in [3.8, 4) is 28.7 Å². The van der Waals surface area contributed by atoms with E-state index in [1.807, 2.05) is 0 Å². The van der Waals surface area contributed by atoms with Gasteiger partial charge in [0, 0.05) is 12.1 Å². The van der Waals surface area contributed by atoms with Crippen molar-refractivity contribution in [1.82, 2.24) is 0 Å². The Hall–Kier alpha value is -4.78. The summed E-state index contributed by atoms with van der Waals surface area (Å²) in [5.74, 6) is -0.512. The summed E-state index contributed by atoms with van der Waals surface area (Å²) >= 11 is 0. The van der Waals surface area contributed by atoms with Gasteiger partial charge in [0.1, 0.15) is 54.4 Å². The average Bonchev–Trinajstić information content (AvgIpc) is 3.42. The molecule has 278 valence electrons. The third-order valence-electron chi connectivity index (χ3n) is 8.91. The fourth-order valence-electron chi connectivity index (χ4n) is 5.95. The molecule has 9 atom stereocenters. The van der Waals surface area contributed by atoms with Crippen LogP contribution in [-0.4, -0.2) is 123 Å². The fourth-order valence-corrected chi connectivity index (χ4v) is 5.95. The molecule has 3 aromatic rings. The minimum atomic E-state index is -2.13. The number of methoxy groups -OCH3 is 1. The first-order valence-electron chi connectivity index (χ1n) is 16.2. The van der Waals surface area contributed by atoms with E-state index in [4.69, 9.17) is 33.2 Å². The van der Waals surface area contributed by atoms with E-state index in [2.05, 4.69) is 0 Å². The number of Topliss-reactive ketones (excluding diaryl/α,β-unsaturated/α-hetero) is 1. The van der Waals surface area contributed by atoms with E-state index >= 15 is 0 Å². The number of phenolic OH excluding ortho intramolecular Hbond substituents is 2. The Morgan fingerprint density at radius 1 is 1.00 bits per heavy atom. The number of rotatable bonds is 11. The van der Waals surface area contributed by atoms with Gasteiger partial charge in [0.05, 0.1) is 32.3 Å². The molecule has 3 aliphatic rings. The third kappa shape index (κ3) is 7.84. The Morgan fingerprint density at radius 2 is 1.77 bits per heavy atom. The Balaban J connectivity index is 1.09. The normalized spacial score (nSPS) is 30.1. The van der Waals surface area contributed by atoms with Crippen molar-refractivity contribution in [3.63, 3.8) is 0 Å². The van der Waals surface area contributed by atoms with Crippen LogP contribution in [-0.2, 0) is 23.7 Å². The number of hydrogen-bond acceptors (Lipinski definition) is 16. The maximum atomic E-state index is 12.7. The summed E-state index contributed by atoms with van der Waals surface area (Å²) < 4.78 is 39.0. The number of hydrogen-bond donors (Lipinski definition) is 7. The van der Waals surface area contributed by atoms with Crippen LogP contribution >= 0.6 is 0 Å². The quantitative estimate of drug-likeness (QED) is 0.106. The highest BCUT2D eigenvalue weighted by Gasteiger charge is 2.54. The first-order valence-corrected chi connectivity index (χ1v) is 16.2. The third-order valence-corrected chi connectivity index (χ3v) is 8.91. The van der Waals surface area contributed by atoms with E-state index in [0.717, 1.165) is 6.08 Å². The van der Waals surface area contributed by atoms with Crippen LogP contribution in [0.5, 0.6) is 28.7 Å². The molecule has 2 fully saturated rings. The van der Waals surface area contributed by atoms with Gasteiger partial charge in [-0.15, -0.1) is 0 Å². The molecule has 0 aliphatic carbocycles. The van der Waals surface area contributed by atoms with Crippen molar-refractivity contribution in [2.24, 2.45) is 0 Å². The summed E-state index contributed by atoms with van der Waals surface area (Å²) in [4.78, 5) is 25.1. The number of carbonyl (C=O) groups excluding carboxylic acids is 2. The maximum absolute atomic E-state index is 12.7. The Kier molecular flexibility index (Phi) is 11.0. The van der Waals surface area contributed by atoms with Gasteiger partial charge in [-0.05, 0) is 53.6 Å². The van der Waals surface area contributed by atoms with Gasteiger partial charge in [-0.1, -0.05) is 18.2 Å². The monoisotopic (exact) mass is 726 g/mol. The standard InChI is InChI=1S/C36H38O16/c1-46-27-12-18(2-10-23(27)39)3-11-29(41)47-16-36(45)17-48-35(33(36)44)52-32-31(43)30(42)28(15-37)51-34(32)49-21-7-4-19(5-8-21)25-14-24(40)22-9-6-20(38)13-26(22)50-25/h2-13,25,28,30-35,37-39,42-45H,14-17H2,1H3. The molecule has 0 saturated carbocycles. The molecule has 3 heterocycles. The Morgan fingerprint density at radius 3 is 2.50 bits per heavy atom. The molecule has 2 saturated heterocycles. The zero-order chi connectivity index (χ0) is 37.2. The van der Waals surface area contributed by atoms with Crippen LogP contribution in [0.25, 0.3) is 6.08 Å². The second kappa shape index (κ2) is 15.4. The van der Waals surface area contributed by atoms with E-state index in [1.165, 1.54) is 61.7 Å². The Labute approximate surface area is 296 Å². The second-order valence-corrected chi connectivity index (χ2v) is 12.5. The second-order valence-electron chi connectivity index (χ2n) is 12.5. The maximum Gasteiger partial charge on any atom is 0.330 e. The van der Waals surface area contributed by atoms with E-state index < -0.39 is 80.6 Å². The predicted molar refractivity (Wildman–Crippen MR) is 175 cm³/mol. The SMILES string of the molecule is COc1cc(C=CC(=O)OCC2(O)COC(OC3C(Oc4ccc(C5CC(=O)c6ccc(O)cc6O5)cc4)OC(CO)C(O)C3O)C2O)ccc1O. The number of esters is 1. The lowest BCUT2D eigenvalue weighted by Gasteiger charge is -2.42. The summed E-state index contributed by atoms with van der Waals surface area (Å²) in [6, 6.07) is 15.0. The molecule has 3 aromatic carbocycles. The lowest BCUT2D eigenvalue weighted by Crippen LogP contribution is -2.62. The summed E-state index contributed by atoms with van der Waals surface area (Å²) in [5.41, 5.74) is -0.631. The number of aromatic hydroxyl groups is 2. The van der Waals surface area contributed by atoms with E-state index in [9.17, 15) is 45.3 Å². The molecule has 0 aromatic heterocycles. The van der Waals surface area contributed by atoms with E-state index in [-0.39, 0.29) is 41.0 Å². The van der Waals surface area contributed by atoms with Crippen molar-refractivity contribution in [2.45, 2.75) is 61.2 Å². The van der Waals surface area contributed by atoms with Crippen molar-refractivity contribution in [3.05, 3.63) is 83.4 Å². The molecule has 0 spiro atoms. The summed E-state index contributed by atoms with van der Waals surface area (Å²) in [5, 5.41) is 72.9. The number of carbonyl (C=O) groups is 2. The average molecular weight is 727 g/mol. The Bertz CT molecular complexity index is 1780. The van der Waals surface area contributed by atoms with Crippen molar-refractivity contribution in [1.29, 1.82) is 0 Å². The molecule has 9 unspecified atom stereocenters. The first kappa shape index (κ1) is 37.0. The number of ketones is 1. The molecule has 6 rings (SSSR count). The summed E-state index contributed by atoms with van der Waals surface area (Å²) in [7, 11) is 1.37. The molecule has 52 heavy (non-hydrogen) atoms. The van der Waals surface area contributed by atoms with E-state index in [0.29, 0.717) is 16.7 Å². The zero-order valence-electron chi connectivity index (χ0n) is 27.7. The molecule has 16 heteroatoms. The van der Waals surface area contributed by atoms with Crippen LogP contribution < -0.4 is 14.2 Å². The molecule has 0 bridgehead atoms. The fraction of sp³-hybridized carbons (Fsp3) is 0.389. The zero-order valence-corrected chi connectivity index (χ0v) is 27.7. The minimum absolute atomic E-state index is 0.0464. The molecule has 3 aliphatic heterocycles. The minimum Gasteiger partial charge on any atom is -0.508 e. The number of aliphatic hydroxyl groups is 5. The van der Waals surface area contributed by atoms with Gasteiger partial charge in [-0.25, -0.2) is 4.79 Å². The van der Waals surface area contributed by atoms with Crippen LogP contribution in [0.1, 0.15) is 34.0 Å². The van der Waals surface area contributed by atoms with Gasteiger partial charge in [-0.2, -0.15) is 0 Å². The molecular formula is C36H38O16. The van der Waals surface area contributed by atoms with Crippen LogP contribution in [0.3, 0.4) is 0 Å². The lowest BCUT2D eigenvalue weighted by molar-refractivity contribution is -0.318. The number of ether oxygens (including phenoxy) is 7. The van der Waals surface area contributed by atoms with Gasteiger partial charge in [0.25, 0.3) is 0 Å². The van der Waals surface area contributed by atoms with Crippen LogP contribution in [0.2, 0.25) is 0 Å². The van der Waals surface area contributed by atoms with Crippen LogP contribution in [0.15, 0.2) is 66.7 Å². The van der Waals surface area contributed by atoms with Crippen LogP contribution in [0.4, 0.5) is 0 Å². The highest BCUT2D eigenvalue weighted by Crippen LogP contribution is 2.38. The smallest absolute Gasteiger partial charge is 0.330 e. The molecular weight excluding hydrogens is 688 g/mol. The molecule has 0 radical (unpaired) electrons. The first-order chi connectivity index (χ1) is 24.9. The van der Waals surface area contributed by atoms with Crippen molar-refractivity contribution >= 4 is 17.8 Å². The highest BCUT2D eigenvalue weighted by atomic mass is 16.8. The van der Waals surface area contributed by atoms with Gasteiger partial charge >= 0.3 is 5.97 Å².